The summed E-state index contributed by atoms with van der Waals surface area (Å²) in [5.74, 6) is 1.30. The van der Waals surface area contributed by atoms with Gasteiger partial charge in [-0.3, -0.25) is 0 Å². The number of halogens is 1. The topological polar surface area (TPSA) is 122 Å². The molecule has 0 aliphatic carbocycles. The molecule has 3 rings (SSSR count). The third-order valence-electron chi connectivity index (χ3n) is 4.76. The van der Waals surface area contributed by atoms with Crippen molar-refractivity contribution in [3.05, 3.63) is 53.8 Å². The number of sulfonamides is 1. The van der Waals surface area contributed by atoms with Crippen molar-refractivity contribution in [3.63, 3.8) is 0 Å². The van der Waals surface area contributed by atoms with E-state index in [0.717, 1.165) is 0 Å². The molecule has 0 spiro atoms. The second-order valence-electron chi connectivity index (χ2n) is 6.69. The van der Waals surface area contributed by atoms with Crippen molar-refractivity contribution in [2.75, 3.05) is 36.6 Å². The number of aromatic nitrogens is 2. The minimum absolute atomic E-state index is 0.220. The Kier molecular flexibility index (Phi) is 7.39. The van der Waals surface area contributed by atoms with Crippen LogP contribution in [0.5, 0.6) is 5.75 Å². The van der Waals surface area contributed by atoms with Gasteiger partial charge in [-0.2, -0.15) is 4.31 Å². The molecule has 0 bridgehead atoms. The van der Waals surface area contributed by atoms with Crippen LogP contribution >= 0.6 is 11.6 Å². The Labute approximate surface area is 192 Å². The van der Waals surface area contributed by atoms with E-state index in [9.17, 15) is 8.42 Å². The fraction of sp³-hybridized carbons (Fsp3) is 0.238. The van der Waals surface area contributed by atoms with Gasteiger partial charge in [0.05, 0.1) is 17.7 Å². The van der Waals surface area contributed by atoms with Crippen LogP contribution in [-0.4, -0.2) is 42.9 Å². The molecule has 9 nitrogen and oxygen atoms in total. The number of hydrogen-bond donors (Lipinski definition) is 3. The smallest absolute Gasteiger partial charge is 0.243 e. The molecule has 2 aromatic carbocycles. The van der Waals surface area contributed by atoms with E-state index in [2.05, 4.69) is 20.6 Å². The molecular formula is C21H25ClN6O3S. The zero-order valence-corrected chi connectivity index (χ0v) is 19.5. The summed E-state index contributed by atoms with van der Waals surface area (Å²) in [6.07, 6.45) is 1.36. The number of rotatable bonds is 9. The number of nitrogens with two attached hydrogens (primary N) is 1. The van der Waals surface area contributed by atoms with Crippen LogP contribution in [0.15, 0.2) is 53.7 Å². The molecule has 1 heterocycles. The van der Waals surface area contributed by atoms with Crippen LogP contribution in [-0.2, 0) is 10.0 Å². The first kappa shape index (κ1) is 23.6. The molecular weight excluding hydrogens is 452 g/mol. The maximum Gasteiger partial charge on any atom is 0.243 e. The van der Waals surface area contributed by atoms with E-state index in [1.54, 1.807) is 63.4 Å². The summed E-state index contributed by atoms with van der Waals surface area (Å²) in [6.45, 7) is 4.42. The number of benzene rings is 2. The van der Waals surface area contributed by atoms with E-state index in [4.69, 9.17) is 22.1 Å². The summed E-state index contributed by atoms with van der Waals surface area (Å²) in [4.78, 5) is 8.61. The van der Waals surface area contributed by atoms with Gasteiger partial charge in [-0.15, -0.1) is 0 Å². The Morgan fingerprint density at radius 1 is 1.03 bits per heavy atom. The molecule has 32 heavy (non-hydrogen) atoms. The molecule has 0 unspecified atom stereocenters. The summed E-state index contributed by atoms with van der Waals surface area (Å²) in [7, 11) is -1.98. The quantitative estimate of drug-likeness (QED) is 0.419. The Balaban J connectivity index is 1.83. The molecule has 1 aromatic heterocycles. The summed E-state index contributed by atoms with van der Waals surface area (Å²) >= 11 is 6.08. The van der Waals surface area contributed by atoms with Gasteiger partial charge in [0.15, 0.2) is 11.6 Å². The van der Waals surface area contributed by atoms with E-state index in [1.807, 2.05) is 0 Å². The highest BCUT2D eigenvalue weighted by molar-refractivity contribution is 7.89. The van der Waals surface area contributed by atoms with Gasteiger partial charge in [0.1, 0.15) is 17.8 Å². The van der Waals surface area contributed by atoms with E-state index in [1.165, 1.54) is 10.6 Å². The lowest BCUT2D eigenvalue weighted by Crippen LogP contribution is -2.30. The van der Waals surface area contributed by atoms with Crippen molar-refractivity contribution in [3.8, 4) is 5.75 Å². The maximum atomic E-state index is 12.6. The van der Waals surface area contributed by atoms with E-state index < -0.39 is 10.0 Å². The molecule has 0 saturated carbocycles. The van der Waals surface area contributed by atoms with E-state index in [-0.39, 0.29) is 10.6 Å². The number of methoxy groups -OCH3 is 1. The maximum absolute atomic E-state index is 12.6. The molecule has 0 amide bonds. The van der Waals surface area contributed by atoms with Gasteiger partial charge < -0.3 is 21.1 Å². The van der Waals surface area contributed by atoms with Crippen LogP contribution in [0.4, 0.5) is 28.7 Å². The van der Waals surface area contributed by atoms with Crippen LogP contribution in [0.1, 0.15) is 13.8 Å². The molecule has 0 atom stereocenters. The van der Waals surface area contributed by atoms with Gasteiger partial charge >= 0.3 is 0 Å². The van der Waals surface area contributed by atoms with Crippen LogP contribution in [0.2, 0.25) is 5.02 Å². The lowest BCUT2D eigenvalue weighted by molar-refractivity contribution is 0.417. The average Bonchev–Trinajstić information content (AvgIpc) is 2.78. The van der Waals surface area contributed by atoms with Gasteiger partial charge in [-0.05, 0) is 42.5 Å². The van der Waals surface area contributed by atoms with Crippen molar-refractivity contribution < 1.29 is 13.2 Å². The largest absolute Gasteiger partial charge is 0.495 e. The Bertz CT molecular complexity index is 1180. The van der Waals surface area contributed by atoms with Gasteiger partial charge in [-0.25, -0.2) is 18.4 Å². The number of ether oxygens (including phenoxy) is 1. The van der Waals surface area contributed by atoms with Gasteiger partial charge in [0.2, 0.25) is 10.0 Å². The second-order valence-corrected chi connectivity index (χ2v) is 9.07. The summed E-state index contributed by atoms with van der Waals surface area (Å²) < 4.78 is 32.0. The molecule has 0 radical (unpaired) electrons. The normalized spacial score (nSPS) is 11.4. The number of hydrogen-bond acceptors (Lipinski definition) is 8. The molecule has 170 valence electrons. The zero-order chi connectivity index (χ0) is 23.3. The van der Waals surface area contributed by atoms with Crippen LogP contribution in [0.25, 0.3) is 0 Å². The first-order valence-corrected chi connectivity index (χ1v) is 11.7. The van der Waals surface area contributed by atoms with E-state index in [0.29, 0.717) is 46.9 Å². The van der Waals surface area contributed by atoms with E-state index >= 15 is 0 Å². The molecule has 0 saturated heterocycles. The minimum atomic E-state index is -3.53. The van der Waals surface area contributed by atoms with Crippen molar-refractivity contribution in [2.45, 2.75) is 18.7 Å². The molecule has 11 heteroatoms. The SMILES string of the molecule is CCN(CC)S(=O)(=O)c1ccc(Nc2ncnc(Nc3cc(Cl)ccc3OC)c2N)cc1. The molecule has 3 aromatic rings. The van der Waals surface area contributed by atoms with Gasteiger partial charge in [-0.1, -0.05) is 25.4 Å². The van der Waals surface area contributed by atoms with Crippen LogP contribution in [0, 0.1) is 0 Å². The number of nitrogen functional groups attached to an aromatic ring is 1. The molecule has 4 N–H and O–H groups in total. The fourth-order valence-corrected chi connectivity index (χ4v) is 4.69. The Morgan fingerprint density at radius 3 is 2.25 bits per heavy atom. The van der Waals surface area contributed by atoms with Crippen molar-refractivity contribution in [2.24, 2.45) is 0 Å². The minimum Gasteiger partial charge on any atom is -0.495 e. The Hall–Kier alpha value is -3.08. The highest BCUT2D eigenvalue weighted by atomic mass is 35.5. The first-order valence-electron chi connectivity index (χ1n) is 9.88. The number of nitrogens with one attached hydrogen (secondary N) is 2. The van der Waals surface area contributed by atoms with Gasteiger partial charge in [0, 0.05) is 23.8 Å². The van der Waals surface area contributed by atoms with Crippen molar-refractivity contribution in [1.82, 2.24) is 14.3 Å². The predicted molar refractivity (Wildman–Crippen MR) is 128 cm³/mol. The van der Waals surface area contributed by atoms with Crippen molar-refractivity contribution in [1.29, 1.82) is 0 Å². The predicted octanol–water partition coefficient (Wildman–Crippen LogP) is 4.24. The lowest BCUT2D eigenvalue weighted by Gasteiger charge is -2.18. The number of nitrogens with zero attached hydrogens (tertiary/aromatic N) is 3. The summed E-state index contributed by atoms with van der Waals surface area (Å²) in [6, 6.07) is 11.5. The fourth-order valence-electron chi connectivity index (χ4n) is 3.06. The summed E-state index contributed by atoms with van der Waals surface area (Å²) in [5, 5.41) is 6.72. The lowest BCUT2D eigenvalue weighted by atomic mass is 10.2. The van der Waals surface area contributed by atoms with Crippen molar-refractivity contribution >= 4 is 50.3 Å². The first-order chi connectivity index (χ1) is 15.3. The highest BCUT2D eigenvalue weighted by Crippen LogP contribution is 2.33. The Morgan fingerprint density at radius 2 is 1.66 bits per heavy atom. The molecule has 0 aliphatic rings. The van der Waals surface area contributed by atoms with Crippen LogP contribution < -0.4 is 21.1 Å². The highest BCUT2D eigenvalue weighted by Gasteiger charge is 2.21. The standard InChI is InChI=1S/C21H25ClN6O3S/c1-4-28(5-2)32(29,30)16-9-7-15(8-10-16)26-20-19(23)21(25-13-24-20)27-17-12-14(22)6-11-18(17)31-3/h6-13H,4-5,23H2,1-3H3,(H2,24,25,26,27). The van der Waals surface area contributed by atoms with Gasteiger partial charge in [0.25, 0.3) is 0 Å². The average molecular weight is 477 g/mol. The second kappa shape index (κ2) is 10.0. The third kappa shape index (κ3) is 5.04. The zero-order valence-electron chi connectivity index (χ0n) is 18.0. The molecule has 0 fully saturated rings. The summed E-state index contributed by atoms with van der Waals surface area (Å²) in [5.41, 5.74) is 7.75. The van der Waals surface area contributed by atoms with Crippen LogP contribution in [0.3, 0.4) is 0 Å². The monoisotopic (exact) mass is 476 g/mol. The molecule has 0 aliphatic heterocycles. The third-order valence-corrected chi connectivity index (χ3v) is 7.06. The number of anilines is 5.